The van der Waals surface area contributed by atoms with Gasteiger partial charge in [-0.3, -0.25) is 4.79 Å². The Labute approximate surface area is 166 Å². The molecule has 6 nitrogen and oxygen atoms in total. The number of hydrogen-bond acceptors (Lipinski definition) is 6. The van der Waals surface area contributed by atoms with Gasteiger partial charge in [-0.2, -0.15) is 8.75 Å². The molecule has 27 heavy (non-hydrogen) atoms. The van der Waals surface area contributed by atoms with Crippen molar-refractivity contribution in [2.45, 2.75) is 11.7 Å². The molecule has 0 bridgehead atoms. The van der Waals surface area contributed by atoms with Crippen LogP contribution in [0.5, 0.6) is 0 Å². The van der Waals surface area contributed by atoms with E-state index >= 15 is 0 Å². The lowest BCUT2D eigenvalue weighted by molar-refractivity contribution is 0.0766. The first-order valence-electron chi connectivity index (χ1n) is 8.43. The van der Waals surface area contributed by atoms with Gasteiger partial charge in [0.25, 0.3) is 5.91 Å². The Morgan fingerprint density at radius 1 is 1.11 bits per heavy atom. The van der Waals surface area contributed by atoms with Gasteiger partial charge in [0.15, 0.2) is 9.84 Å². The Morgan fingerprint density at radius 3 is 2.70 bits per heavy atom. The summed E-state index contributed by atoms with van der Waals surface area (Å²) in [6, 6.07) is 12.1. The van der Waals surface area contributed by atoms with Crippen molar-refractivity contribution in [2.75, 3.05) is 18.8 Å². The molecule has 1 unspecified atom stereocenters. The molecule has 9 heteroatoms. The quantitative estimate of drug-likeness (QED) is 0.633. The zero-order valence-electron chi connectivity index (χ0n) is 14.2. The molecule has 0 saturated carbocycles. The maximum Gasteiger partial charge on any atom is 0.253 e. The molecular formula is C18H16ClN3O3S2. The molecular weight excluding hydrogens is 406 g/mol. The molecule has 1 saturated heterocycles. The number of amides is 1. The van der Waals surface area contributed by atoms with E-state index in [0.29, 0.717) is 34.6 Å². The van der Waals surface area contributed by atoms with Crippen LogP contribution in [0, 0.1) is 0 Å². The number of sulfone groups is 1. The maximum absolute atomic E-state index is 12.9. The van der Waals surface area contributed by atoms with Gasteiger partial charge in [0, 0.05) is 23.7 Å². The monoisotopic (exact) mass is 421 g/mol. The van der Waals surface area contributed by atoms with Gasteiger partial charge < -0.3 is 4.90 Å². The lowest BCUT2D eigenvalue weighted by atomic mass is 10.1. The van der Waals surface area contributed by atoms with Gasteiger partial charge in [-0.1, -0.05) is 29.8 Å². The van der Waals surface area contributed by atoms with Crippen LogP contribution >= 0.6 is 23.3 Å². The third kappa shape index (κ3) is 3.56. The fourth-order valence-corrected chi connectivity index (χ4v) is 6.00. The van der Waals surface area contributed by atoms with Crippen molar-refractivity contribution in [1.29, 1.82) is 0 Å². The number of nitrogens with zero attached hydrogens (tertiary/aromatic N) is 3. The second-order valence-corrected chi connectivity index (χ2v) is 9.66. The van der Waals surface area contributed by atoms with Gasteiger partial charge in [0.2, 0.25) is 0 Å². The van der Waals surface area contributed by atoms with Crippen LogP contribution in [-0.4, -0.2) is 46.8 Å². The number of fused-ring (bicyclic) bond motifs is 1. The Balaban J connectivity index is 1.60. The highest BCUT2D eigenvalue weighted by Crippen LogP contribution is 2.34. The fraction of sp³-hybridized carbons (Fsp3) is 0.278. The number of halogens is 1. The van der Waals surface area contributed by atoms with E-state index in [1.54, 1.807) is 47.4 Å². The predicted molar refractivity (Wildman–Crippen MR) is 106 cm³/mol. The molecule has 1 atom stereocenters. The molecule has 1 aromatic heterocycles. The predicted octanol–water partition coefficient (Wildman–Crippen LogP) is 3.35. The van der Waals surface area contributed by atoms with E-state index in [4.69, 9.17) is 11.6 Å². The van der Waals surface area contributed by atoms with Gasteiger partial charge in [-0.15, -0.1) is 0 Å². The number of hydrogen-bond donors (Lipinski definition) is 0. The molecule has 1 fully saturated rings. The van der Waals surface area contributed by atoms with Crippen molar-refractivity contribution >= 4 is 50.1 Å². The first-order valence-corrected chi connectivity index (χ1v) is 11.3. The number of carbonyl (C=O) groups is 1. The SMILES string of the molecule is O=C(c1ccc2nsnc2c1)N1CCC(c2ccccc2Cl)S(=O)(=O)CC1. The third-order valence-corrected chi connectivity index (χ3v) is 7.79. The van der Waals surface area contributed by atoms with Crippen LogP contribution in [0.4, 0.5) is 0 Å². The van der Waals surface area contributed by atoms with Crippen molar-refractivity contribution in [2.24, 2.45) is 0 Å². The van der Waals surface area contributed by atoms with Crippen LogP contribution in [0.1, 0.15) is 27.6 Å². The van der Waals surface area contributed by atoms with Crippen molar-refractivity contribution < 1.29 is 13.2 Å². The molecule has 0 spiro atoms. The van der Waals surface area contributed by atoms with E-state index in [9.17, 15) is 13.2 Å². The van der Waals surface area contributed by atoms with Crippen LogP contribution in [0.2, 0.25) is 5.02 Å². The molecule has 140 valence electrons. The highest BCUT2D eigenvalue weighted by atomic mass is 35.5. The molecule has 0 N–H and O–H groups in total. The van der Waals surface area contributed by atoms with Crippen molar-refractivity contribution in [3.05, 3.63) is 58.6 Å². The molecule has 1 amide bonds. The number of aromatic nitrogens is 2. The Morgan fingerprint density at radius 2 is 1.89 bits per heavy atom. The molecule has 1 aliphatic rings. The average molecular weight is 422 g/mol. The van der Waals surface area contributed by atoms with Gasteiger partial charge in [-0.05, 0) is 36.2 Å². The number of benzene rings is 2. The highest BCUT2D eigenvalue weighted by molar-refractivity contribution is 7.91. The summed E-state index contributed by atoms with van der Waals surface area (Å²) in [4.78, 5) is 14.5. The summed E-state index contributed by atoms with van der Waals surface area (Å²) >= 11 is 7.32. The normalized spacial score (nSPS) is 19.7. The third-order valence-electron chi connectivity index (χ3n) is 4.78. The second kappa shape index (κ2) is 7.18. The Bertz CT molecular complexity index is 1110. The molecule has 2 heterocycles. The number of carbonyl (C=O) groups excluding carboxylic acids is 1. The van der Waals surface area contributed by atoms with Gasteiger partial charge in [0.05, 0.1) is 22.7 Å². The van der Waals surface area contributed by atoms with E-state index in [1.807, 2.05) is 0 Å². The molecule has 0 aliphatic carbocycles. The first-order chi connectivity index (χ1) is 13.0. The lowest BCUT2D eigenvalue weighted by Gasteiger charge is -2.20. The standard InChI is InChI=1S/C18H16ClN3O3S2/c19-14-4-2-1-3-13(14)17-7-8-22(9-10-27(17,24)25)18(23)12-5-6-15-16(11-12)21-26-20-15/h1-6,11,17H,7-10H2. The van der Waals surface area contributed by atoms with Crippen molar-refractivity contribution in [1.82, 2.24) is 13.6 Å². The fourth-order valence-electron chi connectivity index (χ4n) is 3.33. The van der Waals surface area contributed by atoms with Crippen LogP contribution in [0.3, 0.4) is 0 Å². The van der Waals surface area contributed by atoms with Crippen molar-refractivity contribution in [3.8, 4) is 0 Å². The summed E-state index contributed by atoms with van der Waals surface area (Å²) in [6.45, 7) is 0.511. The van der Waals surface area contributed by atoms with Crippen LogP contribution in [0.15, 0.2) is 42.5 Å². The van der Waals surface area contributed by atoms with Gasteiger partial charge in [0.1, 0.15) is 11.0 Å². The average Bonchev–Trinajstić information content (AvgIpc) is 3.06. The van der Waals surface area contributed by atoms with E-state index in [1.165, 1.54) is 0 Å². The Hall–Kier alpha value is -2.03. The van der Waals surface area contributed by atoms with E-state index in [0.717, 1.165) is 17.2 Å². The molecule has 2 aromatic carbocycles. The topological polar surface area (TPSA) is 80.2 Å². The lowest BCUT2D eigenvalue weighted by Crippen LogP contribution is -2.33. The largest absolute Gasteiger partial charge is 0.338 e. The molecule has 4 rings (SSSR count). The number of rotatable bonds is 2. The van der Waals surface area contributed by atoms with Crippen LogP contribution < -0.4 is 0 Å². The second-order valence-electron chi connectivity index (χ2n) is 6.43. The molecule has 3 aromatic rings. The zero-order chi connectivity index (χ0) is 19.0. The summed E-state index contributed by atoms with van der Waals surface area (Å²) in [5, 5.41) is -0.262. The minimum absolute atomic E-state index is 0.0882. The maximum atomic E-state index is 12.9. The zero-order valence-corrected chi connectivity index (χ0v) is 16.6. The van der Waals surface area contributed by atoms with Crippen LogP contribution in [-0.2, 0) is 9.84 Å². The summed E-state index contributed by atoms with van der Waals surface area (Å²) in [5.74, 6) is -0.283. The molecule has 0 radical (unpaired) electrons. The van der Waals surface area contributed by atoms with Crippen molar-refractivity contribution in [3.63, 3.8) is 0 Å². The highest BCUT2D eigenvalue weighted by Gasteiger charge is 2.34. The first kappa shape index (κ1) is 18.3. The Kier molecular flexibility index (Phi) is 4.88. The minimum Gasteiger partial charge on any atom is -0.338 e. The van der Waals surface area contributed by atoms with Gasteiger partial charge in [-0.25, -0.2) is 8.42 Å². The summed E-state index contributed by atoms with van der Waals surface area (Å²) in [6.07, 6.45) is 0.318. The van der Waals surface area contributed by atoms with E-state index in [2.05, 4.69) is 8.75 Å². The summed E-state index contributed by atoms with van der Waals surface area (Å²) < 4.78 is 33.9. The summed E-state index contributed by atoms with van der Waals surface area (Å²) in [5.41, 5.74) is 2.50. The van der Waals surface area contributed by atoms with E-state index in [-0.39, 0.29) is 18.2 Å². The summed E-state index contributed by atoms with van der Waals surface area (Å²) in [7, 11) is -3.41. The van der Waals surface area contributed by atoms with Crippen LogP contribution in [0.25, 0.3) is 11.0 Å². The minimum atomic E-state index is -3.41. The van der Waals surface area contributed by atoms with E-state index < -0.39 is 15.1 Å². The van der Waals surface area contributed by atoms with Gasteiger partial charge >= 0.3 is 0 Å². The smallest absolute Gasteiger partial charge is 0.253 e. The molecule has 1 aliphatic heterocycles.